The van der Waals surface area contributed by atoms with E-state index in [1.54, 1.807) is 0 Å². The number of ketones is 1. The summed E-state index contributed by atoms with van der Waals surface area (Å²) in [6.07, 6.45) is 1.98. The number of benzene rings is 1. The molecule has 1 aliphatic heterocycles. The van der Waals surface area contributed by atoms with E-state index >= 15 is 0 Å². The molecule has 4 nitrogen and oxygen atoms in total. The first-order valence-electron chi connectivity index (χ1n) is 8.24. The van der Waals surface area contributed by atoms with Crippen LogP contribution >= 0.6 is 0 Å². The third-order valence-corrected chi connectivity index (χ3v) is 5.04. The highest BCUT2D eigenvalue weighted by atomic mass is 16.3. The Morgan fingerprint density at radius 2 is 2.00 bits per heavy atom. The first kappa shape index (κ1) is 14.5. The second-order valence-electron chi connectivity index (χ2n) is 7.50. The lowest BCUT2D eigenvalue weighted by Gasteiger charge is -2.34. The number of rotatable bonds is 1. The zero-order valence-corrected chi connectivity index (χ0v) is 13.6. The van der Waals surface area contributed by atoms with Crippen molar-refractivity contribution in [3.05, 3.63) is 46.9 Å². The van der Waals surface area contributed by atoms with E-state index in [1.165, 1.54) is 10.9 Å². The number of carbonyl (C=O) groups is 1. The Labute approximate surface area is 135 Å². The number of aromatic nitrogens is 1. The molecular formula is C19H22N2O2. The number of allylic oxidation sites excluding steroid dienone is 1. The Kier molecular flexibility index (Phi) is 3.13. The number of fused-ring (bicyclic) bond motifs is 3. The number of Topliss-reactive ketones (excluding diaryl/α,β-unsaturated/α-hetero) is 1. The first-order valence-corrected chi connectivity index (χ1v) is 8.24. The smallest absolute Gasteiger partial charge is 0.164 e. The Bertz CT molecular complexity index is 829. The van der Waals surface area contributed by atoms with E-state index in [0.29, 0.717) is 18.4 Å². The molecule has 1 aromatic heterocycles. The van der Waals surface area contributed by atoms with E-state index in [4.69, 9.17) is 0 Å². The molecule has 1 aliphatic carbocycles. The number of hydrogen-bond donors (Lipinski definition) is 3. The number of aliphatic hydroxyl groups excluding tert-OH is 1. The molecule has 4 heteroatoms. The summed E-state index contributed by atoms with van der Waals surface area (Å²) in [5, 5.41) is 15.2. The van der Waals surface area contributed by atoms with Crippen LogP contribution in [0.15, 0.2) is 35.6 Å². The van der Waals surface area contributed by atoms with E-state index < -0.39 is 0 Å². The third-order valence-electron chi connectivity index (χ3n) is 5.04. The average Bonchev–Trinajstić information content (AvgIpc) is 2.85. The summed E-state index contributed by atoms with van der Waals surface area (Å²) >= 11 is 0. The third kappa shape index (κ3) is 2.29. The van der Waals surface area contributed by atoms with Crippen molar-refractivity contribution < 1.29 is 9.90 Å². The minimum Gasteiger partial charge on any atom is -0.512 e. The maximum absolute atomic E-state index is 12.7. The molecule has 0 radical (unpaired) electrons. The topological polar surface area (TPSA) is 65.1 Å². The molecule has 2 aliphatic rings. The van der Waals surface area contributed by atoms with E-state index in [-0.39, 0.29) is 23.0 Å². The van der Waals surface area contributed by atoms with Gasteiger partial charge in [-0.1, -0.05) is 32.0 Å². The molecule has 4 rings (SSSR count). The van der Waals surface area contributed by atoms with E-state index in [2.05, 4.69) is 22.4 Å². The van der Waals surface area contributed by atoms with Crippen molar-refractivity contribution >= 4 is 16.7 Å². The highest BCUT2D eigenvalue weighted by Gasteiger charge is 2.39. The highest BCUT2D eigenvalue weighted by Crippen LogP contribution is 2.42. The van der Waals surface area contributed by atoms with Crippen molar-refractivity contribution in [1.29, 1.82) is 0 Å². The van der Waals surface area contributed by atoms with Crippen molar-refractivity contribution in [2.45, 2.75) is 39.2 Å². The van der Waals surface area contributed by atoms with Crippen molar-refractivity contribution in [3.8, 4) is 0 Å². The maximum atomic E-state index is 12.7. The summed E-state index contributed by atoms with van der Waals surface area (Å²) in [7, 11) is 0. The SMILES string of the molecule is CC1(C)CC(=O)C(C2NCCc3c2[nH]c2ccccc32)=C(O)C1. The molecule has 2 aromatic rings. The van der Waals surface area contributed by atoms with E-state index in [0.717, 1.165) is 24.2 Å². The van der Waals surface area contributed by atoms with Gasteiger partial charge in [0.1, 0.15) is 5.76 Å². The molecule has 0 amide bonds. The molecular weight excluding hydrogens is 288 g/mol. The molecule has 0 fully saturated rings. The number of H-pyrrole nitrogens is 1. The summed E-state index contributed by atoms with van der Waals surface area (Å²) in [5.41, 5.74) is 3.78. The first-order chi connectivity index (χ1) is 11.0. The number of aromatic amines is 1. The van der Waals surface area contributed by atoms with Crippen LogP contribution in [-0.2, 0) is 11.2 Å². The van der Waals surface area contributed by atoms with Crippen LogP contribution in [0.5, 0.6) is 0 Å². The summed E-state index contributed by atoms with van der Waals surface area (Å²) in [6, 6.07) is 8.00. The van der Waals surface area contributed by atoms with Gasteiger partial charge in [0.15, 0.2) is 5.78 Å². The Hall–Kier alpha value is -2.07. The summed E-state index contributed by atoms with van der Waals surface area (Å²) < 4.78 is 0. The fourth-order valence-corrected chi connectivity index (χ4v) is 4.06. The van der Waals surface area contributed by atoms with Crippen LogP contribution in [0, 0.1) is 5.41 Å². The number of para-hydroxylation sites is 1. The molecule has 0 spiro atoms. The van der Waals surface area contributed by atoms with Crippen molar-refractivity contribution in [3.63, 3.8) is 0 Å². The zero-order valence-electron chi connectivity index (χ0n) is 13.6. The van der Waals surface area contributed by atoms with Crippen LogP contribution in [0.3, 0.4) is 0 Å². The molecule has 3 N–H and O–H groups in total. The van der Waals surface area contributed by atoms with Crippen molar-refractivity contribution in [1.82, 2.24) is 10.3 Å². The van der Waals surface area contributed by atoms with Gasteiger partial charge in [0.25, 0.3) is 0 Å². The lowest BCUT2D eigenvalue weighted by molar-refractivity contribution is -0.119. The van der Waals surface area contributed by atoms with Crippen LogP contribution in [0.2, 0.25) is 0 Å². The predicted octanol–water partition coefficient (Wildman–Crippen LogP) is 3.56. The normalized spacial score (nSPS) is 24.1. The van der Waals surface area contributed by atoms with Crippen LogP contribution in [0.4, 0.5) is 0 Å². The molecule has 0 saturated carbocycles. The van der Waals surface area contributed by atoms with Crippen LogP contribution in [-0.4, -0.2) is 22.4 Å². The molecule has 1 atom stereocenters. The minimum absolute atomic E-state index is 0.0581. The van der Waals surface area contributed by atoms with Gasteiger partial charge in [-0.2, -0.15) is 0 Å². The second kappa shape index (κ2) is 4.96. The zero-order chi connectivity index (χ0) is 16.2. The van der Waals surface area contributed by atoms with E-state index in [1.807, 2.05) is 26.0 Å². The van der Waals surface area contributed by atoms with Gasteiger partial charge in [0.2, 0.25) is 0 Å². The quantitative estimate of drug-likeness (QED) is 0.754. The molecule has 0 bridgehead atoms. The monoisotopic (exact) mass is 310 g/mol. The van der Waals surface area contributed by atoms with Crippen LogP contribution in [0.25, 0.3) is 10.9 Å². The van der Waals surface area contributed by atoms with Crippen molar-refractivity contribution in [2.75, 3.05) is 6.54 Å². The van der Waals surface area contributed by atoms with Gasteiger partial charge >= 0.3 is 0 Å². The molecule has 1 unspecified atom stereocenters. The number of nitrogens with one attached hydrogen (secondary N) is 2. The standard InChI is InChI=1S/C19H22N2O2/c1-19(2)9-14(22)16(15(23)10-19)18-17-12(7-8-20-18)11-5-3-4-6-13(11)21-17/h3-6,18,20-22H,7-10H2,1-2H3. The van der Waals surface area contributed by atoms with Crippen LogP contribution in [0.1, 0.15) is 44.0 Å². The summed E-state index contributed by atoms with van der Waals surface area (Å²) in [5.74, 6) is 0.304. The average molecular weight is 310 g/mol. The molecule has 23 heavy (non-hydrogen) atoms. The molecule has 120 valence electrons. The van der Waals surface area contributed by atoms with Gasteiger partial charge in [-0.15, -0.1) is 0 Å². The van der Waals surface area contributed by atoms with Gasteiger partial charge < -0.3 is 15.4 Å². The van der Waals surface area contributed by atoms with Crippen molar-refractivity contribution in [2.24, 2.45) is 5.41 Å². The largest absolute Gasteiger partial charge is 0.512 e. The van der Waals surface area contributed by atoms with Gasteiger partial charge in [0, 0.05) is 36.0 Å². The Morgan fingerprint density at radius 3 is 2.78 bits per heavy atom. The number of hydrogen-bond acceptors (Lipinski definition) is 3. The van der Waals surface area contributed by atoms with Crippen LogP contribution < -0.4 is 5.32 Å². The molecule has 1 aromatic carbocycles. The number of carbonyl (C=O) groups excluding carboxylic acids is 1. The Balaban J connectivity index is 1.85. The summed E-state index contributed by atoms with van der Waals surface area (Å²) in [4.78, 5) is 16.1. The van der Waals surface area contributed by atoms with Gasteiger partial charge in [-0.25, -0.2) is 0 Å². The Morgan fingerprint density at radius 1 is 1.22 bits per heavy atom. The van der Waals surface area contributed by atoms with E-state index in [9.17, 15) is 9.90 Å². The minimum atomic E-state index is -0.227. The fourth-order valence-electron chi connectivity index (χ4n) is 4.06. The lowest BCUT2D eigenvalue weighted by atomic mass is 9.74. The second-order valence-corrected chi connectivity index (χ2v) is 7.50. The highest BCUT2D eigenvalue weighted by molar-refractivity contribution is 5.99. The van der Waals surface area contributed by atoms with Gasteiger partial charge in [0.05, 0.1) is 11.6 Å². The predicted molar refractivity (Wildman–Crippen MR) is 90.4 cm³/mol. The van der Waals surface area contributed by atoms with Gasteiger partial charge in [-0.3, -0.25) is 4.79 Å². The molecule has 2 heterocycles. The summed E-state index contributed by atoms with van der Waals surface area (Å²) in [6.45, 7) is 4.87. The van der Waals surface area contributed by atoms with Gasteiger partial charge in [-0.05, 0) is 23.5 Å². The fraction of sp³-hybridized carbons (Fsp3) is 0.421. The maximum Gasteiger partial charge on any atom is 0.164 e. The lowest BCUT2D eigenvalue weighted by Crippen LogP contribution is -2.37. The number of aliphatic hydroxyl groups is 1. The molecule has 0 saturated heterocycles.